The van der Waals surface area contributed by atoms with Crippen molar-refractivity contribution in [3.63, 3.8) is 0 Å². The van der Waals surface area contributed by atoms with Crippen LogP contribution < -0.4 is 10.2 Å². The minimum atomic E-state index is -1.53. The van der Waals surface area contributed by atoms with Crippen molar-refractivity contribution in [2.45, 2.75) is 37.9 Å². The van der Waals surface area contributed by atoms with E-state index < -0.39 is 35.3 Å². The Morgan fingerprint density at radius 1 is 1.07 bits per heavy atom. The molecule has 1 aliphatic heterocycles. The first kappa shape index (κ1) is 17.8. The number of hydrogen-bond donors (Lipinski definition) is 1. The van der Waals surface area contributed by atoms with E-state index in [1.54, 1.807) is 11.0 Å². The lowest BCUT2D eigenvalue weighted by Crippen LogP contribution is -2.30. The first-order chi connectivity index (χ1) is 12.8. The van der Waals surface area contributed by atoms with Gasteiger partial charge >= 0.3 is 0 Å². The van der Waals surface area contributed by atoms with Gasteiger partial charge in [-0.1, -0.05) is 6.07 Å². The zero-order valence-corrected chi connectivity index (χ0v) is 14.5. The second-order valence-electron chi connectivity index (χ2n) is 7.24. The SMILES string of the molecule is O=C(CC1(F)CC1)Nc1c(F)cc(N2CCc3cc(F)ccc3C2)cc1F. The van der Waals surface area contributed by atoms with Crippen LogP contribution in [-0.4, -0.2) is 18.1 Å². The Kier molecular flexibility index (Phi) is 4.32. The Balaban J connectivity index is 1.51. The molecular formula is C20H18F4N2O. The zero-order chi connectivity index (χ0) is 19.2. The fourth-order valence-corrected chi connectivity index (χ4v) is 3.39. The standard InChI is InChI=1S/C20H18F4N2O/c21-14-2-1-13-11-26(6-3-12(13)7-14)15-8-16(22)19(17(23)9-15)25-18(27)10-20(24)4-5-20/h1-2,7-9H,3-6,10-11H2,(H,25,27). The highest BCUT2D eigenvalue weighted by atomic mass is 19.1. The first-order valence-electron chi connectivity index (χ1n) is 8.83. The van der Waals surface area contributed by atoms with Gasteiger partial charge < -0.3 is 10.2 Å². The van der Waals surface area contributed by atoms with Crippen LogP contribution in [0.2, 0.25) is 0 Å². The van der Waals surface area contributed by atoms with Crippen molar-refractivity contribution < 1.29 is 22.4 Å². The minimum Gasteiger partial charge on any atom is -0.367 e. The molecule has 1 heterocycles. The second-order valence-corrected chi connectivity index (χ2v) is 7.24. The quantitative estimate of drug-likeness (QED) is 0.795. The van der Waals surface area contributed by atoms with Crippen LogP contribution in [0, 0.1) is 17.5 Å². The molecule has 1 fully saturated rings. The fourth-order valence-electron chi connectivity index (χ4n) is 3.39. The summed E-state index contributed by atoms with van der Waals surface area (Å²) < 4.78 is 55.7. The summed E-state index contributed by atoms with van der Waals surface area (Å²) in [5.41, 5.74) is 0.0295. The molecule has 2 aromatic carbocycles. The maximum Gasteiger partial charge on any atom is 0.227 e. The molecule has 0 saturated heterocycles. The van der Waals surface area contributed by atoms with Gasteiger partial charge in [-0.3, -0.25) is 4.79 Å². The Bertz CT molecular complexity index is 888. The number of alkyl halides is 1. The van der Waals surface area contributed by atoms with E-state index in [1.165, 1.54) is 12.1 Å². The molecule has 1 saturated carbocycles. The van der Waals surface area contributed by atoms with Crippen LogP contribution in [-0.2, 0) is 17.8 Å². The highest BCUT2D eigenvalue weighted by molar-refractivity contribution is 5.92. The van der Waals surface area contributed by atoms with Crippen molar-refractivity contribution in [3.05, 3.63) is 58.9 Å². The van der Waals surface area contributed by atoms with E-state index in [0.29, 0.717) is 38.0 Å². The molecule has 0 radical (unpaired) electrons. The molecule has 0 atom stereocenters. The maximum absolute atomic E-state index is 14.4. The van der Waals surface area contributed by atoms with Crippen LogP contribution in [0.4, 0.5) is 28.9 Å². The number of anilines is 2. The van der Waals surface area contributed by atoms with Gasteiger partial charge in [0, 0.05) is 18.8 Å². The molecule has 4 rings (SSSR count). The monoisotopic (exact) mass is 378 g/mol. The number of benzene rings is 2. The average molecular weight is 378 g/mol. The predicted octanol–water partition coefficient (Wildman–Crippen LogP) is 4.50. The van der Waals surface area contributed by atoms with Crippen LogP contribution >= 0.6 is 0 Å². The van der Waals surface area contributed by atoms with Gasteiger partial charge in [-0.05, 0) is 54.7 Å². The Hall–Kier alpha value is -2.57. The Labute approximate surface area is 154 Å². The van der Waals surface area contributed by atoms with Crippen molar-refractivity contribution in [2.75, 3.05) is 16.8 Å². The fraction of sp³-hybridized carbons (Fsp3) is 0.350. The number of carbonyl (C=O) groups is 1. The summed E-state index contributed by atoms with van der Waals surface area (Å²) in [6.45, 7) is 0.899. The molecule has 0 spiro atoms. The van der Waals surface area contributed by atoms with Gasteiger partial charge in [0.25, 0.3) is 0 Å². The summed E-state index contributed by atoms with van der Waals surface area (Å²) in [6.07, 6.45) is 0.760. The normalized spacial score (nSPS) is 17.4. The van der Waals surface area contributed by atoms with Crippen molar-refractivity contribution in [2.24, 2.45) is 0 Å². The van der Waals surface area contributed by atoms with Gasteiger partial charge in [-0.25, -0.2) is 17.6 Å². The molecule has 1 aliphatic carbocycles. The zero-order valence-electron chi connectivity index (χ0n) is 14.5. The van der Waals surface area contributed by atoms with Gasteiger partial charge in [-0.2, -0.15) is 0 Å². The number of nitrogens with one attached hydrogen (secondary N) is 1. The number of nitrogens with zero attached hydrogens (tertiary/aromatic N) is 1. The highest BCUT2D eigenvalue weighted by Crippen LogP contribution is 2.43. The van der Waals surface area contributed by atoms with E-state index >= 15 is 0 Å². The molecule has 0 unspecified atom stereocenters. The van der Waals surface area contributed by atoms with Crippen molar-refractivity contribution in [1.82, 2.24) is 0 Å². The van der Waals surface area contributed by atoms with Crippen LogP contribution in [0.5, 0.6) is 0 Å². The third kappa shape index (κ3) is 3.77. The van der Waals surface area contributed by atoms with Crippen LogP contribution in [0.3, 0.4) is 0 Å². The molecule has 27 heavy (non-hydrogen) atoms. The van der Waals surface area contributed by atoms with E-state index in [-0.39, 0.29) is 5.82 Å². The number of hydrogen-bond acceptors (Lipinski definition) is 2. The van der Waals surface area contributed by atoms with E-state index in [1.807, 2.05) is 0 Å². The van der Waals surface area contributed by atoms with Gasteiger partial charge in [0.1, 0.15) is 17.2 Å². The number of carbonyl (C=O) groups excluding carboxylic acids is 1. The number of fused-ring (bicyclic) bond motifs is 1. The molecule has 0 aromatic heterocycles. The van der Waals surface area contributed by atoms with E-state index in [4.69, 9.17) is 0 Å². The third-order valence-electron chi connectivity index (χ3n) is 5.11. The Morgan fingerprint density at radius 2 is 1.78 bits per heavy atom. The molecule has 2 aromatic rings. The number of amides is 1. The van der Waals surface area contributed by atoms with Crippen LogP contribution in [0.15, 0.2) is 30.3 Å². The maximum atomic E-state index is 14.4. The lowest BCUT2D eigenvalue weighted by Gasteiger charge is -2.31. The van der Waals surface area contributed by atoms with E-state index in [9.17, 15) is 22.4 Å². The topological polar surface area (TPSA) is 32.3 Å². The molecule has 1 N–H and O–H groups in total. The first-order valence-corrected chi connectivity index (χ1v) is 8.83. The highest BCUT2D eigenvalue weighted by Gasteiger charge is 2.45. The Morgan fingerprint density at radius 3 is 2.44 bits per heavy atom. The smallest absolute Gasteiger partial charge is 0.227 e. The van der Waals surface area contributed by atoms with Crippen LogP contribution in [0.25, 0.3) is 0 Å². The summed E-state index contributed by atoms with van der Waals surface area (Å²) >= 11 is 0. The minimum absolute atomic E-state index is 0.296. The number of halogens is 4. The summed E-state index contributed by atoms with van der Waals surface area (Å²) in [5, 5.41) is 2.14. The largest absolute Gasteiger partial charge is 0.367 e. The van der Waals surface area contributed by atoms with Gasteiger partial charge in [0.05, 0.1) is 6.42 Å². The summed E-state index contributed by atoms with van der Waals surface area (Å²) in [7, 11) is 0. The summed E-state index contributed by atoms with van der Waals surface area (Å²) in [6, 6.07) is 6.80. The number of rotatable bonds is 4. The van der Waals surface area contributed by atoms with Gasteiger partial charge in [-0.15, -0.1) is 0 Å². The molecular weight excluding hydrogens is 360 g/mol. The lowest BCUT2D eigenvalue weighted by molar-refractivity contribution is -0.117. The molecule has 0 bridgehead atoms. The predicted molar refractivity (Wildman–Crippen MR) is 93.8 cm³/mol. The lowest BCUT2D eigenvalue weighted by atomic mass is 9.99. The molecule has 7 heteroatoms. The van der Waals surface area contributed by atoms with Crippen molar-refractivity contribution >= 4 is 17.3 Å². The summed E-state index contributed by atoms with van der Waals surface area (Å²) in [5.74, 6) is -2.87. The van der Waals surface area contributed by atoms with Crippen molar-refractivity contribution in [1.29, 1.82) is 0 Å². The molecule has 2 aliphatic rings. The summed E-state index contributed by atoms with van der Waals surface area (Å²) in [4.78, 5) is 13.6. The molecule has 142 valence electrons. The average Bonchev–Trinajstić information content (AvgIpc) is 3.34. The van der Waals surface area contributed by atoms with E-state index in [0.717, 1.165) is 23.3 Å². The third-order valence-corrected chi connectivity index (χ3v) is 5.11. The van der Waals surface area contributed by atoms with Gasteiger partial charge in [0.15, 0.2) is 11.6 Å². The van der Waals surface area contributed by atoms with Crippen molar-refractivity contribution in [3.8, 4) is 0 Å². The second kappa shape index (κ2) is 6.55. The molecule has 3 nitrogen and oxygen atoms in total. The van der Waals surface area contributed by atoms with E-state index in [2.05, 4.69) is 5.32 Å². The van der Waals surface area contributed by atoms with Crippen LogP contribution in [0.1, 0.15) is 30.4 Å². The molecule has 1 amide bonds. The van der Waals surface area contributed by atoms with Gasteiger partial charge in [0.2, 0.25) is 5.91 Å².